The molecule has 0 radical (unpaired) electrons. The number of aryl methyl sites for hydroxylation is 1. The summed E-state index contributed by atoms with van der Waals surface area (Å²) in [5, 5.41) is 10.0. The Bertz CT molecular complexity index is 616. The van der Waals surface area contributed by atoms with Crippen LogP contribution in [0.2, 0.25) is 0 Å². The molecule has 1 aliphatic heterocycles. The SMILES string of the molecule is O=C(CCCc1csc2ccccc12)NCCC1CCNC1. The number of nitrogens with one attached hydrogen (secondary N) is 2. The lowest BCUT2D eigenvalue weighted by Crippen LogP contribution is -2.26. The summed E-state index contributed by atoms with van der Waals surface area (Å²) in [6.07, 6.45) is 4.91. The Hall–Kier alpha value is -1.39. The van der Waals surface area contributed by atoms with E-state index in [9.17, 15) is 4.79 Å². The molecular weight excluding hydrogens is 292 g/mol. The quantitative estimate of drug-likeness (QED) is 0.822. The molecule has 1 aliphatic rings. The molecule has 1 saturated heterocycles. The van der Waals surface area contributed by atoms with Crippen molar-refractivity contribution in [2.24, 2.45) is 5.92 Å². The smallest absolute Gasteiger partial charge is 0.220 e. The van der Waals surface area contributed by atoms with E-state index in [0.717, 1.165) is 44.8 Å². The molecule has 0 saturated carbocycles. The summed E-state index contributed by atoms with van der Waals surface area (Å²) in [7, 11) is 0. The van der Waals surface area contributed by atoms with Gasteiger partial charge in [0.1, 0.15) is 0 Å². The molecule has 22 heavy (non-hydrogen) atoms. The number of benzene rings is 1. The molecule has 118 valence electrons. The first kappa shape index (κ1) is 15.5. The Kier molecular flexibility index (Phi) is 5.46. The number of hydrogen-bond acceptors (Lipinski definition) is 3. The second-order valence-electron chi connectivity index (χ2n) is 6.11. The number of carbonyl (C=O) groups excluding carboxylic acids is 1. The van der Waals surface area contributed by atoms with Crippen molar-refractivity contribution in [1.82, 2.24) is 10.6 Å². The van der Waals surface area contributed by atoms with Gasteiger partial charge in [0.05, 0.1) is 0 Å². The summed E-state index contributed by atoms with van der Waals surface area (Å²) in [5.74, 6) is 0.947. The Morgan fingerprint density at radius 1 is 1.36 bits per heavy atom. The summed E-state index contributed by atoms with van der Waals surface area (Å²) in [6.45, 7) is 3.07. The number of rotatable bonds is 7. The van der Waals surface area contributed by atoms with Crippen LogP contribution in [0.5, 0.6) is 0 Å². The van der Waals surface area contributed by atoms with Crippen LogP contribution >= 0.6 is 11.3 Å². The predicted molar refractivity (Wildman–Crippen MR) is 93.4 cm³/mol. The lowest BCUT2D eigenvalue weighted by atomic mass is 10.0. The molecule has 0 aliphatic carbocycles. The van der Waals surface area contributed by atoms with E-state index in [4.69, 9.17) is 0 Å². The molecule has 0 bridgehead atoms. The Labute approximate surface area is 136 Å². The predicted octanol–water partition coefficient (Wildman–Crippen LogP) is 3.34. The van der Waals surface area contributed by atoms with Gasteiger partial charge in [0.2, 0.25) is 5.91 Å². The van der Waals surface area contributed by atoms with Crippen LogP contribution in [0.4, 0.5) is 0 Å². The second kappa shape index (κ2) is 7.75. The minimum Gasteiger partial charge on any atom is -0.356 e. The van der Waals surface area contributed by atoms with E-state index in [0.29, 0.717) is 6.42 Å². The summed E-state index contributed by atoms with van der Waals surface area (Å²) >= 11 is 1.79. The Balaban J connectivity index is 1.36. The van der Waals surface area contributed by atoms with Crippen molar-refractivity contribution >= 4 is 27.3 Å². The van der Waals surface area contributed by atoms with Gasteiger partial charge in [-0.15, -0.1) is 11.3 Å². The van der Waals surface area contributed by atoms with Crippen molar-refractivity contribution in [2.45, 2.75) is 32.1 Å². The third-order valence-electron chi connectivity index (χ3n) is 4.45. The van der Waals surface area contributed by atoms with E-state index in [1.807, 2.05) is 0 Å². The van der Waals surface area contributed by atoms with Gasteiger partial charge >= 0.3 is 0 Å². The molecule has 1 fully saturated rings. The van der Waals surface area contributed by atoms with Crippen LogP contribution in [0.15, 0.2) is 29.6 Å². The van der Waals surface area contributed by atoms with Crippen molar-refractivity contribution in [1.29, 1.82) is 0 Å². The molecule has 4 heteroatoms. The Morgan fingerprint density at radius 2 is 2.27 bits per heavy atom. The number of thiophene rings is 1. The maximum atomic E-state index is 11.9. The highest BCUT2D eigenvalue weighted by Gasteiger charge is 2.14. The van der Waals surface area contributed by atoms with Gasteiger partial charge < -0.3 is 10.6 Å². The zero-order valence-electron chi connectivity index (χ0n) is 12.9. The summed E-state index contributed by atoms with van der Waals surface area (Å²) < 4.78 is 1.34. The van der Waals surface area contributed by atoms with Crippen molar-refractivity contribution < 1.29 is 4.79 Å². The number of hydrogen-bond donors (Lipinski definition) is 2. The molecule has 3 rings (SSSR count). The standard InChI is InChI=1S/C18H24N2OS/c21-18(20-11-9-14-8-10-19-12-14)7-3-4-15-13-22-17-6-2-1-5-16(15)17/h1-2,5-6,13-14,19H,3-4,7-12H2,(H,20,21). The fourth-order valence-electron chi connectivity index (χ4n) is 3.13. The van der Waals surface area contributed by atoms with E-state index in [2.05, 4.69) is 40.3 Å². The molecule has 0 spiro atoms. The maximum Gasteiger partial charge on any atom is 0.220 e. The molecule has 1 aromatic heterocycles. The summed E-state index contributed by atoms with van der Waals surface area (Å²) in [5.41, 5.74) is 1.38. The van der Waals surface area contributed by atoms with Gasteiger partial charge in [-0.25, -0.2) is 0 Å². The minimum absolute atomic E-state index is 0.200. The van der Waals surface area contributed by atoms with Gasteiger partial charge in [0.25, 0.3) is 0 Å². The van der Waals surface area contributed by atoms with Crippen molar-refractivity contribution in [3.63, 3.8) is 0 Å². The maximum absolute atomic E-state index is 11.9. The first-order valence-electron chi connectivity index (χ1n) is 8.25. The normalized spacial score (nSPS) is 17.9. The summed E-state index contributed by atoms with van der Waals surface area (Å²) in [4.78, 5) is 11.9. The van der Waals surface area contributed by atoms with E-state index < -0.39 is 0 Å². The molecular formula is C18H24N2OS. The van der Waals surface area contributed by atoms with Gasteiger partial charge in [-0.05, 0) is 67.1 Å². The number of fused-ring (bicyclic) bond motifs is 1. The first-order valence-corrected chi connectivity index (χ1v) is 9.13. The van der Waals surface area contributed by atoms with Gasteiger partial charge in [0, 0.05) is 17.7 Å². The average Bonchev–Trinajstić information content (AvgIpc) is 3.17. The van der Waals surface area contributed by atoms with E-state index in [1.54, 1.807) is 11.3 Å². The van der Waals surface area contributed by atoms with Crippen molar-refractivity contribution in [3.05, 3.63) is 35.2 Å². The fraction of sp³-hybridized carbons (Fsp3) is 0.500. The fourth-order valence-corrected chi connectivity index (χ4v) is 4.13. The van der Waals surface area contributed by atoms with Gasteiger partial charge in [-0.1, -0.05) is 18.2 Å². The minimum atomic E-state index is 0.200. The Morgan fingerprint density at radius 3 is 3.14 bits per heavy atom. The second-order valence-corrected chi connectivity index (χ2v) is 7.02. The van der Waals surface area contributed by atoms with Crippen LogP contribution in [0, 0.1) is 5.92 Å². The van der Waals surface area contributed by atoms with Crippen molar-refractivity contribution in [2.75, 3.05) is 19.6 Å². The molecule has 2 heterocycles. The highest BCUT2D eigenvalue weighted by molar-refractivity contribution is 7.17. The lowest BCUT2D eigenvalue weighted by molar-refractivity contribution is -0.121. The first-order chi connectivity index (χ1) is 10.8. The molecule has 1 unspecified atom stereocenters. The largest absolute Gasteiger partial charge is 0.356 e. The molecule has 1 atom stereocenters. The van der Waals surface area contributed by atoms with E-state index in [-0.39, 0.29) is 5.91 Å². The van der Waals surface area contributed by atoms with Gasteiger partial charge in [-0.2, -0.15) is 0 Å². The third-order valence-corrected chi connectivity index (χ3v) is 5.46. The highest BCUT2D eigenvalue weighted by Crippen LogP contribution is 2.26. The zero-order chi connectivity index (χ0) is 15.2. The summed E-state index contributed by atoms with van der Waals surface area (Å²) in [6, 6.07) is 8.50. The third kappa shape index (κ3) is 4.08. The monoisotopic (exact) mass is 316 g/mol. The van der Waals surface area contributed by atoms with E-state index in [1.165, 1.54) is 22.1 Å². The van der Waals surface area contributed by atoms with Crippen molar-refractivity contribution in [3.8, 4) is 0 Å². The van der Waals surface area contributed by atoms with Crippen LogP contribution in [0.1, 0.15) is 31.2 Å². The molecule has 2 N–H and O–H groups in total. The lowest BCUT2D eigenvalue weighted by Gasteiger charge is -2.09. The van der Waals surface area contributed by atoms with Gasteiger partial charge in [-0.3, -0.25) is 4.79 Å². The molecule has 3 nitrogen and oxygen atoms in total. The van der Waals surface area contributed by atoms with Crippen LogP contribution < -0.4 is 10.6 Å². The van der Waals surface area contributed by atoms with Gasteiger partial charge in [0.15, 0.2) is 0 Å². The number of carbonyl (C=O) groups is 1. The van der Waals surface area contributed by atoms with Crippen LogP contribution in [-0.2, 0) is 11.2 Å². The zero-order valence-corrected chi connectivity index (χ0v) is 13.8. The average molecular weight is 316 g/mol. The van der Waals surface area contributed by atoms with E-state index >= 15 is 0 Å². The molecule has 2 aromatic rings. The van der Waals surface area contributed by atoms with Crippen LogP contribution in [-0.4, -0.2) is 25.5 Å². The number of amides is 1. The van der Waals surface area contributed by atoms with Crippen LogP contribution in [0.25, 0.3) is 10.1 Å². The molecule has 1 aromatic carbocycles. The molecule has 1 amide bonds. The topological polar surface area (TPSA) is 41.1 Å². The van der Waals surface area contributed by atoms with Crippen LogP contribution in [0.3, 0.4) is 0 Å². The highest BCUT2D eigenvalue weighted by atomic mass is 32.1.